The number of ether oxygens (including phenoxy) is 1. The van der Waals surface area contributed by atoms with E-state index < -0.39 is 18.4 Å². The maximum atomic E-state index is 13.7. The highest BCUT2D eigenvalue weighted by Gasteiger charge is 2.26. The molecule has 0 spiro atoms. The molecule has 0 fully saturated rings. The predicted octanol–water partition coefficient (Wildman–Crippen LogP) is 3.46. The van der Waals surface area contributed by atoms with E-state index in [0.717, 1.165) is 0 Å². The summed E-state index contributed by atoms with van der Waals surface area (Å²) < 4.78 is 54.9. The first-order valence-corrected chi connectivity index (χ1v) is 6.78. The minimum atomic E-state index is -4.22. The molecule has 0 saturated heterocycles. The highest BCUT2D eigenvalue weighted by molar-refractivity contribution is 14.0. The van der Waals surface area contributed by atoms with E-state index in [9.17, 15) is 17.6 Å². The lowest BCUT2D eigenvalue weighted by atomic mass is 10.2. The molecule has 0 saturated carbocycles. The van der Waals surface area contributed by atoms with Gasteiger partial charge >= 0.3 is 6.18 Å². The molecule has 23 heavy (non-hydrogen) atoms. The van der Waals surface area contributed by atoms with E-state index in [4.69, 9.17) is 4.74 Å². The lowest BCUT2D eigenvalue weighted by Gasteiger charge is -2.13. The molecule has 0 radical (unpaired) electrons. The van der Waals surface area contributed by atoms with E-state index in [0.29, 0.717) is 12.2 Å². The molecule has 0 atom stereocenters. The van der Waals surface area contributed by atoms with E-state index in [1.54, 1.807) is 13.0 Å². The van der Waals surface area contributed by atoms with Crippen LogP contribution in [0, 0.1) is 5.82 Å². The van der Waals surface area contributed by atoms with Crippen LogP contribution in [0.25, 0.3) is 0 Å². The minimum absolute atomic E-state index is 0. The quantitative estimate of drug-likeness (QED) is 0.303. The van der Waals surface area contributed by atoms with Gasteiger partial charge in [-0.3, -0.25) is 4.99 Å². The molecular weight excluding hydrogens is 429 g/mol. The zero-order chi connectivity index (χ0) is 16.6. The Morgan fingerprint density at radius 2 is 1.96 bits per heavy atom. The van der Waals surface area contributed by atoms with Gasteiger partial charge in [0.2, 0.25) is 0 Å². The normalized spacial score (nSPS) is 11.7. The molecule has 9 heteroatoms. The number of alkyl halides is 3. The molecular formula is C14H20F4IN3O. The highest BCUT2D eigenvalue weighted by atomic mass is 127. The number of rotatable bonds is 6. The Morgan fingerprint density at radius 1 is 1.26 bits per heavy atom. The molecule has 1 rings (SSSR count). The van der Waals surface area contributed by atoms with Crippen LogP contribution in [0.2, 0.25) is 0 Å². The van der Waals surface area contributed by atoms with Crippen molar-refractivity contribution in [2.75, 3.05) is 20.2 Å². The van der Waals surface area contributed by atoms with Crippen LogP contribution in [0.1, 0.15) is 18.9 Å². The molecule has 2 N–H and O–H groups in total. The summed E-state index contributed by atoms with van der Waals surface area (Å²) in [4.78, 5) is 3.80. The van der Waals surface area contributed by atoms with Crippen molar-refractivity contribution in [3.63, 3.8) is 0 Å². The first-order valence-electron chi connectivity index (χ1n) is 6.78. The van der Waals surface area contributed by atoms with Crippen molar-refractivity contribution in [3.8, 4) is 5.75 Å². The SMILES string of the molecule is CCOc1ccc(CNC(=NC)NCCC(F)(F)F)cc1F.I. The Labute approximate surface area is 149 Å². The lowest BCUT2D eigenvalue weighted by Crippen LogP contribution is -2.38. The van der Waals surface area contributed by atoms with Crippen molar-refractivity contribution in [3.05, 3.63) is 29.6 Å². The fourth-order valence-corrected chi connectivity index (χ4v) is 1.66. The van der Waals surface area contributed by atoms with Crippen LogP contribution in [0.5, 0.6) is 5.75 Å². The molecule has 0 aliphatic rings. The van der Waals surface area contributed by atoms with E-state index in [1.165, 1.54) is 19.2 Å². The summed E-state index contributed by atoms with van der Waals surface area (Å²) in [6.07, 6.45) is -5.17. The van der Waals surface area contributed by atoms with E-state index >= 15 is 0 Å². The first kappa shape index (κ1) is 21.7. The molecule has 0 aliphatic heterocycles. The predicted molar refractivity (Wildman–Crippen MR) is 91.9 cm³/mol. The van der Waals surface area contributed by atoms with Crippen molar-refractivity contribution < 1.29 is 22.3 Å². The second kappa shape index (κ2) is 10.5. The maximum absolute atomic E-state index is 13.7. The van der Waals surface area contributed by atoms with Gasteiger partial charge in [-0.25, -0.2) is 4.39 Å². The Hall–Kier alpha value is -1.26. The van der Waals surface area contributed by atoms with Gasteiger partial charge in [0.15, 0.2) is 17.5 Å². The number of hydrogen-bond donors (Lipinski definition) is 2. The van der Waals surface area contributed by atoms with Crippen LogP contribution in [0.15, 0.2) is 23.2 Å². The Bertz CT molecular complexity index is 509. The molecule has 0 unspecified atom stereocenters. The Kier molecular flexibility index (Phi) is 9.93. The minimum Gasteiger partial charge on any atom is -0.491 e. The summed E-state index contributed by atoms with van der Waals surface area (Å²) in [6.45, 7) is 2.08. The molecule has 0 amide bonds. The van der Waals surface area contributed by atoms with Crippen molar-refractivity contribution in [1.82, 2.24) is 10.6 Å². The van der Waals surface area contributed by atoms with Crippen LogP contribution in [-0.4, -0.2) is 32.3 Å². The van der Waals surface area contributed by atoms with Crippen LogP contribution in [0.4, 0.5) is 17.6 Å². The van der Waals surface area contributed by atoms with Gasteiger partial charge in [-0.15, -0.1) is 24.0 Å². The van der Waals surface area contributed by atoms with E-state index in [2.05, 4.69) is 15.6 Å². The second-order valence-corrected chi connectivity index (χ2v) is 4.42. The van der Waals surface area contributed by atoms with Crippen molar-refractivity contribution in [1.29, 1.82) is 0 Å². The second-order valence-electron chi connectivity index (χ2n) is 4.42. The van der Waals surface area contributed by atoms with Gasteiger partial charge in [-0.05, 0) is 24.6 Å². The molecule has 1 aromatic carbocycles. The Morgan fingerprint density at radius 3 is 2.48 bits per heavy atom. The lowest BCUT2D eigenvalue weighted by molar-refractivity contribution is -0.132. The maximum Gasteiger partial charge on any atom is 0.390 e. The van der Waals surface area contributed by atoms with Gasteiger partial charge in [-0.2, -0.15) is 13.2 Å². The van der Waals surface area contributed by atoms with E-state index in [-0.39, 0.29) is 48.8 Å². The summed E-state index contributed by atoms with van der Waals surface area (Å²) in [7, 11) is 1.45. The molecule has 0 aromatic heterocycles. The number of benzene rings is 1. The third kappa shape index (κ3) is 8.82. The largest absolute Gasteiger partial charge is 0.491 e. The summed E-state index contributed by atoms with van der Waals surface area (Å²) >= 11 is 0. The zero-order valence-corrected chi connectivity index (χ0v) is 15.2. The number of hydrogen-bond acceptors (Lipinski definition) is 2. The summed E-state index contributed by atoms with van der Waals surface area (Å²) in [5.41, 5.74) is 0.625. The molecule has 132 valence electrons. The first-order chi connectivity index (χ1) is 10.4. The van der Waals surface area contributed by atoms with Crippen LogP contribution < -0.4 is 15.4 Å². The van der Waals surface area contributed by atoms with Gasteiger partial charge < -0.3 is 15.4 Å². The zero-order valence-electron chi connectivity index (χ0n) is 12.8. The van der Waals surface area contributed by atoms with Crippen LogP contribution >= 0.6 is 24.0 Å². The van der Waals surface area contributed by atoms with Gasteiger partial charge in [0, 0.05) is 20.1 Å². The topological polar surface area (TPSA) is 45.6 Å². The number of nitrogens with one attached hydrogen (secondary N) is 2. The summed E-state index contributed by atoms with van der Waals surface area (Å²) in [5, 5.41) is 5.36. The number of halogens is 5. The summed E-state index contributed by atoms with van der Waals surface area (Å²) in [6, 6.07) is 4.49. The smallest absolute Gasteiger partial charge is 0.390 e. The fourth-order valence-electron chi connectivity index (χ4n) is 1.66. The van der Waals surface area contributed by atoms with Crippen molar-refractivity contribution in [2.24, 2.45) is 4.99 Å². The Balaban J connectivity index is 0.00000484. The molecule has 0 heterocycles. The monoisotopic (exact) mass is 449 g/mol. The van der Waals surface area contributed by atoms with Crippen molar-refractivity contribution in [2.45, 2.75) is 26.1 Å². The summed E-state index contributed by atoms with van der Waals surface area (Å²) in [5.74, 6) is -0.0985. The standard InChI is InChI=1S/C14H19F4N3O.HI/c1-3-22-12-5-4-10(8-11(12)15)9-21-13(19-2)20-7-6-14(16,17)18;/h4-5,8H,3,6-7,9H2,1-2H3,(H2,19,20,21);1H. The molecule has 1 aromatic rings. The van der Waals surface area contributed by atoms with Crippen LogP contribution in [-0.2, 0) is 6.54 Å². The van der Waals surface area contributed by atoms with Gasteiger partial charge in [0.05, 0.1) is 13.0 Å². The highest BCUT2D eigenvalue weighted by Crippen LogP contribution is 2.19. The number of nitrogens with zero attached hydrogens (tertiary/aromatic N) is 1. The number of guanidine groups is 1. The fraction of sp³-hybridized carbons (Fsp3) is 0.500. The van der Waals surface area contributed by atoms with Gasteiger partial charge in [0.1, 0.15) is 0 Å². The van der Waals surface area contributed by atoms with Crippen molar-refractivity contribution >= 4 is 29.9 Å². The average Bonchev–Trinajstić information content (AvgIpc) is 2.44. The third-order valence-electron chi connectivity index (χ3n) is 2.68. The average molecular weight is 449 g/mol. The molecule has 4 nitrogen and oxygen atoms in total. The van der Waals surface area contributed by atoms with Gasteiger partial charge in [-0.1, -0.05) is 6.07 Å². The van der Waals surface area contributed by atoms with Crippen LogP contribution in [0.3, 0.4) is 0 Å². The molecule has 0 bridgehead atoms. The number of aliphatic imine (C=N–C) groups is 1. The molecule has 0 aliphatic carbocycles. The van der Waals surface area contributed by atoms with E-state index in [1.807, 2.05) is 0 Å². The van der Waals surface area contributed by atoms with Gasteiger partial charge in [0.25, 0.3) is 0 Å². The third-order valence-corrected chi connectivity index (χ3v) is 2.68.